The van der Waals surface area contributed by atoms with E-state index in [9.17, 15) is 4.79 Å². The van der Waals surface area contributed by atoms with Gasteiger partial charge in [-0.15, -0.1) is 0 Å². The molecule has 0 aromatic rings. The van der Waals surface area contributed by atoms with Gasteiger partial charge < -0.3 is 5.11 Å². The van der Waals surface area contributed by atoms with Gasteiger partial charge in [0.2, 0.25) is 0 Å². The third-order valence-electron chi connectivity index (χ3n) is 2.07. The summed E-state index contributed by atoms with van der Waals surface area (Å²) in [4.78, 5) is 10.6. The summed E-state index contributed by atoms with van der Waals surface area (Å²) >= 11 is 1.69. The molecule has 2 atom stereocenters. The molecule has 0 radical (unpaired) electrons. The third kappa shape index (κ3) is 1.45. The molecule has 10 heavy (non-hydrogen) atoms. The molecule has 1 fully saturated rings. The van der Waals surface area contributed by atoms with Crippen LogP contribution in [0.4, 0.5) is 0 Å². The Morgan fingerprint density at radius 1 is 1.60 bits per heavy atom. The van der Waals surface area contributed by atoms with Gasteiger partial charge in [-0.3, -0.25) is 4.79 Å². The molecule has 1 rings (SSSR count). The number of thioether (sulfide) groups is 1. The van der Waals surface area contributed by atoms with Gasteiger partial charge >= 0.3 is 5.97 Å². The molecule has 1 aliphatic rings. The van der Waals surface area contributed by atoms with Gasteiger partial charge in [-0.1, -0.05) is 6.42 Å². The Morgan fingerprint density at radius 3 is 2.70 bits per heavy atom. The van der Waals surface area contributed by atoms with Gasteiger partial charge in [-0.05, 0) is 19.1 Å². The molecule has 0 unspecified atom stereocenters. The van der Waals surface area contributed by atoms with E-state index in [4.69, 9.17) is 5.11 Å². The number of carbonyl (C=O) groups is 1. The molecule has 3 heteroatoms. The lowest BCUT2D eigenvalue weighted by atomic mass is 10.1. The Kier molecular flexibility index (Phi) is 2.60. The summed E-state index contributed by atoms with van der Waals surface area (Å²) in [5.74, 6) is -0.688. The summed E-state index contributed by atoms with van der Waals surface area (Å²) in [6.07, 6.45) is 5.04. The van der Waals surface area contributed by atoms with Crippen LogP contribution in [0.15, 0.2) is 0 Å². The molecule has 0 aliphatic heterocycles. The van der Waals surface area contributed by atoms with Crippen LogP contribution in [0.2, 0.25) is 0 Å². The van der Waals surface area contributed by atoms with Crippen molar-refractivity contribution in [3.05, 3.63) is 0 Å². The fourth-order valence-corrected chi connectivity index (χ4v) is 2.47. The van der Waals surface area contributed by atoms with Crippen LogP contribution in [0.3, 0.4) is 0 Å². The molecule has 0 heterocycles. The monoisotopic (exact) mass is 160 g/mol. The quantitative estimate of drug-likeness (QED) is 0.666. The van der Waals surface area contributed by atoms with Crippen LogP contribution in [-0.2, 0) is 4.79 Å². The zero-order chi connectivity index (χ0) is 7.56. The van der Waals surface area contributed by atoms with Crippen molar-refractivity contribution in [1.82, 2.24) is 0 Å². The third-order valence-corrected chi connectivity index (χ3v) is 3.24. The lowest BCUT2D eigenvalue weighted by Gasteiger charge is -2.11. The first-order valence-electron chi connectivity index (χ1n) is 3.51. The first-order chi connectivity index (χ1) is 4.75. The molecular weight excluding hydrogens is 148 g/mol. The van der Waals surface area contributed by atoms with Crippen LogP contribution in [0, 0.1) is 5.92 Å². The maximum atomic E-state index is 10.6. The number of hydrogen-bond acceptors (Lipinski definition) is 2. The van der Waals surface area contributed by atoms with Crippen LogP contribution in [0.1, 0.15) is 19.3 Å². The van der Waals surface area contributed by atoms with Gasteiger partial charge in [0.05, 0.1) is 5.92 Å². The summed E-state index contributed by atoms with van der Waals surface area (Å²) < 4.78 is 0. The summed E-state index contributed by atoms with van der Waals surface area (Å²) in [6, 6.07) is 0. The van der Waals surface area contributed by atoms with Gasteiger partial charge in [0.25, 0.3) is 0 Å². The Labute approximate surface area is 65.0 Å². The van der Waals surface area contributed by atoms with E-state index in [1.54, 1.807) is 11.8 Å². The second kappa shape index (κ2) is 3.28. The fourth-order valence-electron chi connectivity index (χ4n) is 1.49. The predicted octanol–water partition coefficient (Wildman–Crippen LogP) is 1.60. The lowest BCUT2D eigenvalue weighted by molar-refractivity contribution is -0.141. The molecule has 2 nitrogen and oxygen atoms in total. The van der Waals surface area contributed by atoms with Gasteiger partial charge in [-0.2, -0.15) is 11.8 Å². The van der Waals surface area contributed by atoms with Crippen molar-refractivity contribution in [3.63, 3.8) is 0 Å². The SMILES string of the molecule is CS[C@H]1CCC[C@@H]1C(=O)O. The van der Waals surface area contributed by atoms with Crippen molar-refractivity contribution < 1.29 is 9.90 Å². The average Bonchev–Trinajstić information content (AvgIpc) is 2.33. The topological polar surface area (TPSA) is 37.3 Å². The minimum absolute atomic E-state index is 0.0741. The largest absolute Gasteiger partial charge is 0.481 e. The number of carboxylic acid groups (broad SMARTS) is 1. The van der Waals surface area contributed by atoms with Crippen molar-refractivity contribution in [2.45, 2.75) is 24.5 Å². The van der Waals surface area contributed by atoms with Crippen LogP contribution in [0.5, 0.6) is 0 Å². The van der Waals surface area contributed by atoms with Crippen LogP contribution in [-0.4, -0.2) is 22.6 Å². The Bertz CT molecular complexity index is 136. The minimum atomic E-state index is -0.614. The second-order valence-corrected chi connectivity index (χ2v) is 3.73. The first kappa shape index (κ1) is 7.92. The maximum Gasteiger partial charge on any atom is 0.307 e. The van der Waals surface area contributed by atoms with E-state index in [-0.39, 0.29) is 5.92 Å². The van der Waals surface area contributed by atoms with Crippen LogP contribution >= 0.6 is 11.8 Å². The van der Waals surface area contributed by atoms with E-state index in [2.05, 4.69) is 0 Å². The molecule has 1 saturated carbocycles. The molecule has 0 aromatic heterocycles. The first-order valence-corrected chi connectivity index (χ1v) is 4.80. The molecule has 0 amide bonds. The molecule has 0 spiro atoms. The van der Waals surface area contributed by atoms with Crippen LogP contribution in [0.25, 0.3) is 0 Å². The van der Waals surface area contributed by atoms with E-state index < -0.39 is 5.97 Å². The Morgan fingerprint density at radius 2 is 2.30 bits per heavy atom. The van der Waals surface area contributed by atoms with Crippen molar-refractivity contribution in [1.29, 1.82) is 0 Å². The molecule has 0 bridgehead atoms. The second-order valence-electron chi connectivity index (χ2n) is 2.65. The van der Waals surface area contributed by atoms with E-state index in [1.165, 1.54) is 0 Å². The van der Waals surface area contributed by atoms with E-state index in [1.807, 2.05) is 6.26 Å². The number of carboxylic acids is 1. The van der Waals surface area contributed by atoms with Gasteiger partial charge in [0, 0.05) is 5.25 Å². The van der Waals surface area contributed by atoms with E-state index in [0.29, 0.717) is 5.25 Å². The Balaban J connectivity index is 2.50. The van der Waals surface area contributed by atoms with Crippen molar-refractivity contribution in [2.24, 2.45) is 5.92 Å². The van der Waals surface area contributed by atoms with E-state index >= 15 is 0 Å². The molecular formula is C7H12O2S. The normalized spacial score (nSPS) is 32.5. The molecule has 1 N–H and O–H groups in total. The fraction of sp³-hybridized carbons (Fsp3) is 0.857. The van der Waals surface area contributed by atoms with Crippen molar-refractivity contribution in [3.8, 4) is 0 Å². The summed E-state index contributed by atoms with van der Waals surface area (Å²) in [7, 11) is 0. The molecule has 0 saturated heterocycles. The zero-order valence-electron chi connectivity index (χ0n) is 6.04. The summed E-state index contributed by atoms with van der Waals surface area (Å²) in [5.41, 5.74) is 0. The molecule has 1 aliphatic carbocycles. The minimum Gasteiger partial charge on any atom is -0.481 e. The highest BCUT2D eigenvalue weighted by atomic mass is 32.2. The van der Waals surface area contributed by atoms with Crippen LogP contribution < -0.4 is 0 Å². The highest BCUT2D eigenvalue weighted by Crippen LogP contribution is 2.33. The van der Waals surface area contributed by atoms with Crippen molar-refractivity contribution >= 4 is 17.7 Å². The summed E-state index contributed by atoms with van der Waals surface area (Å²) in [5, 5.41) is 9.07. The maximum absolute atomic E-state index is 10.6. The smallest absolute Gasteiger partial charge is 0.307 e. The lowest BCUT2D eigenvalue weighted by Crippen LogP contribution is -2.19. The van der Waals surface area contributed by atoms with Gasteiger partial charge in [-0.25, -0.2) is 0 Å². The molecule has 58 valence electrons. The number of aliphatic carboxylic acids is 1. The zero-order valence-corrected chi connectivity index (χ0v) is 6.86. The number of hydrogen-bond donors (Lipinski definition) is 1. The average molecular weight is 160 g/mol. The Hall–Kier alpha value is -0.180. The van der Waals surface area contributed by atoms with E-state index in [0.717, 1.165) is 19.3 Å². The highest BCUT2D eigenvalue weighted by molar-refractivity contribution is 7.99. The number of rotatable bonds is 2. The molecule has 0 aromatic carbocycles. The standard InChI is InChI=1S/C7H12O2S/c1-10-6-4-2-3-5(6)7(8)9/h5-6H,2-4H2,1H3,(H,8,9)/t5-,6-/m0/s1. The predicted molar refractivity (Wildman–Crippen MR) is 42.3 cm³/mol. The van der Waals surface area contributed by atoms with Crippen molar-refractivity contribution in [2.75, 3.05) is 6.26 Å². The van der Waals surface area contributed by atoms with Gasteiger partial charge in [0.15, 0.2) is 0 Å². The highest BCUT2D eigenvalue weighted by Gasteiger charge is 2.31. The summed E-state index contributed by atoms with van der Waals surface area (Å²) in [6.45, 7) is 0. The van der Waals surface area contributed by atoms with Gasteiger partial charge in [0.1, 0.15) is 0 Å².